The van der Waals surface area contributed by atoms with Gasteiger partial charge in [0.2, 0.25) is 5.91 Å². The second-order valence-electron chi connectivity index (χ2n) is 7.42. The summed E-state index contributed by atoms with van der Waals surface area (Å²) in [6.45, 7) is 0.289. The molecule has 1 atom stereocenters. The number of aryl methyl sites for hydroxylation is 1. The summed E-state index contributed by atoms with van der Waals surface area (Å²) in [7, 11) is -3.50. The zero-order chi connectivity index (χ0) is 21.0. The van der Waals surface area contributed by atoms with E-state index in [1.54, 1.807) is 0 Å². The molecule has 0 radical (unpaired) electrons. The highest BCUT2D eigenvalue weighted by Crippen LogP contribution is 2.53. The zero-order valence-electron chi connectivity index (χ0n) is 16.1. The maximum absolute atomic E-state index is 13.0. The number of amides is 2. The molecule has 2 fully saturated rings. The first-order valence-corrected chi connectivity index (χ1v) is 11.7. The minimum Gasteiger partial charge on any atom is -0.480 e. The molecule has 0 saturated carbocycles. The Morgan fingerprint density at radius 2 is 1.90 bits per heavy atom. The van der Waals surface area contributed by atoms with Gasteiger partial charge in [-0.15, -0.1) is 0 Å². The van der Waals surface area contributed by atoms with Crippen LogP contribution in [0.25, 0.3) is 0 Å². The molecule has 0 spiro atoms. The normalized spacial score (nSPS) is 21.9. The van der Waals surface area contributed by atoms with Crippen LogP contribution >= 0.6 is 7.72 Å². The molecule has 9 heteroatoms. The summed E-state index contributed by atoms with van der Waals surface area (Å²) in [6.07, 6.45) is 2.20. The number of rotatable bonds is 6. The summed E-state index contributed by atoms with van der Waals surface area (Å²) < 4.78 is 0. The molecular formula is C20H26N2O6P+. The number of nitrogens with zero attached hydrogens (tertiary/aromatic N) is 2. The van der Waals surface area contributed by atoms with Gasteiger partial charge >= 0.3 is 5.97 Å². The molecule has 3 N–H and O–H groups in total. The molecule has 2 aliphatic heterocycles. The Labute approximate surface area is 169 Å². The van der Waals surface area contributed by atoms with E-state index in [1.807, 2.05) is 30.3 Å². The second kappa shape index (κ2) is 9.03. The van der Waals surface area contributed by atoms with E-state index in [-0.39, 0.29) is 43.4 Å². The monoisotopic (exact) mass is 421 g/mol. The van der Waals surface area contributed by atoms with Gasteiger partial charge in [-0.2, -0.15) is 0 Å². The smallest absolute Gasteiger partial charge is 0.328 e. The molecule has 2 saturated heterocycles. The van der Waals surface area contributed by atoms with E-state index in [0.717, 1.165) is 10.6 Å². The van der Waals surface area contributed by atoms with Crippen molar-refractivity contribution < 1.29 is 29.3 Å². The number of hydrogen-bond acceptors (Lipinski definition) is 5. The van der Waals surface area contributed by atoms with Crippen molar-refractivity contribution in [1.82, 2.24) is 10.0 Å². The Morgan fingerprint density at radius 3 is 2.59 bits per heavy atom. The van der Waals surface area contributed by atoms with Crippen LogP contribution in [0.4, 0.5) is 0 Å². The van der Waals surface area contributed by atoms with Gasteiger partial charge in [-0.05, 0) is 37.7 Å². The Kier molecular flexibility index (Phi) is 6.67. The van der Waals surface area contributed by atoms with E-state index in [9.17, 15) is 29.3 Å². The predicted molar refractivity (Wildman–Crippen MR) is 108 cm³/mol. The lowest BCUT2D eigenvalue weighted by molar-refractivity contribution is -0.178. The van der Waals surface area contributed by atoms with Crippen LogP contribution in [-0.4, -0.2) is 61.4 Å². The van der Waals surface area contributed by atoms with E-state index < -0.39 is 25.6 Å². The summed E-state index contributed by atoms with van der Waals surface area (Å²) >= 11 is 0. The highest BCUT2D eigenvalue weighted by Gasteiger charge is 2.44. The van der Waals surface area contributed by atoms with Crippen molar-refractivity contribution in [2.24, 2.45) is 0 Å². The molecule has 2 heterocycles. The number of benzene rings is 1. The number of carbonyl (C=O) groups is 3. The van der Waals surface area contributed by atoms with Crippen molar-refractivity contribution >= 4 is 25.5 Å². The first kappa shape index (κ1) is 21.4. The number of carbonyl (C=O) groups excluding carboxylic acids is 2. The van der Waals surface area contributed by atoms with Crippen molar-refractivity contribution in [3.05, 3.63) is 47.3 Å². The van der Waals surface area contributed by atoms with E-state index in [0.29, 0.717) is 19.3 Å². The van der Waals surface area contributed by atoms with Crippen molar-refractivity contribution in [1.29, 1.82) is 0 Å². The molecule has 0 aromatic heterocycles. The third kappa shape index (κ3) is 5.21. The third-order valence-corrected chi connectivity index (χ3v) is 6.92. The Morgan fingerprint density at radius 1 is 1.17 bits per heavy atom. The molecule has 0 aliphatic carbocycles. The van der Waals surface area contributed by atoms with E-state index in [4.69, 9.17) is 0 Å². The van der Waals surface area contributed by atoms with Crippen LogP contribution in [0.2, 0.25) is 0 Å². The first-order chi connectivity index (χ1) is 13.8. The van der Waals surface area contributed by atoms with Gasteiger partial charge in [-0.25, -0.2) is 19.6 Å². The number of hydrogen-bond donors (Lipinski definition) is 3. The topological polar surface area (TPSA) is 118 Å². The minimum atomic E-state index is -3.50. The largest absolute Gasteiger partial charge is 0.480 e. The first-order valence-electron chi connectivity index (χ1n) is 9.74. The summed E-state index contributed by atoms with van der Waals surface area (Å²) in [4.78, 5) is 58.0. The van der Waals surface area contributed by atoms with Gasteiger partial charge in [0.05, 0.1) is 5.57 Å². The standard InChI is InChI=1S/C20H25N2O6P/c23-18-11-10-16(19(24)22-17(20(25)26)9-4-12-21(18)22)14-29(27,28)13-5-8-15-6-2-1-3-7-15/h1-3,6-7,14,17,27-28H,4-5,8-13H2/p+1/t17-/m0/s1. The SMILES string of the molecule is O=C(O)[C@@H]1CCCN2C(=O)CCC(=C[P+](O)(O)CCCc3ccccc3)C(=O)N12. The van der Waals surface area contributed by atoms with E-state index >= 15 is 0 Å². The van der Waals surface area contributed by atoms with Crippen LogP contribution in [0.3, 0.4) is 0 Å². The molecule has 0 bridgehead atoms. The Bertz CT molecular complexity index is 810. The van der Waals surface area contributed by atoms with Gasteiger partial charge in [0.1, 0.15) is 12.0 Å². The van der Waals surface area contributed by atoms with Crippen molar-refractivity contribution in [3.63, 3.8) is 0 Å². The van der Waals surface area contributed by atoms with Crippen LogP contribution in [0.1, 0.15) is 37.7 Å². The van der Waals surface area contributed by atoms with Gasteiger partial charge in [-0.1, -0.05) is 30.3 Å². The Hall–Kier alpha value is -2.28. The van der Waals surface area contributed by atoms with Crippen molar-refractivity contribution in [3.8, 4) is 0 Å². The Balaban J connectivity index is 1.75. The maximum atomic E-state index is 13.0. The molecular weight excluding hydrogens is 395 g/mol. The summed E-state index contributed by atoms with van der Waals surface area (Å²) in [5.74, 6) is -0.936. The van der Waals surface area contributed by atoms with Crippen LogP contribution < -0.4 is 0 Å². The summed E-state index contributed by atoms with van der Waals surface area (Å²) in [5, 5.41) is 11.7. The summed E-state index contributed by atoms with van der Waals surface area (Å²) in [6, 6.07) is 8.56. The number of aliphatic carboxylic acids is 1. The third-order valence-electron chi connectivity index (χ3n) is 5.22. The van der Waals surface area contributed by atoms with Gasteiger partial charge in [0, 0.05) is 13.0 Å². The molecule has 8 nitrogen and oxygen atoms in total. The zero-order valence-corrected chi connectivity index (χ0v) is 17.0. The second-order valence-corrected chi connectivity index (χ2v) is 9.69. The van der Waals surface area contributed by atoms with Crippen LogP contribution in [0.15, 0.2) is 41.7 Å². The quantitative estimate of drug-likeness (QED) is 0.477. The highest BCUT2D eigenvalue weighted by atomic mass is 31.2. The van der Waals surface area contributed by atoms with E-state index in [1.165, 1.54) is 10.8 Å². The fraction of sp³-hybridized carbons (Fsp3) is 0.450. The predicted octanol–water partition coefficient (Wildman–Crippen LogP) is 1.95. The van der Waals surface area contributed by atoms with Gasteiger partial charge in [0.25, 0.3) is 13.6 Å². The fourth-order valence-corrected chi connectivity index (χ4v) is 5.27. The van der Waals surface area contributed by atoms with Gasteiger partial charge in [0.15, 0.2) is 6.04 Å². The summed E-state index contributed by atoms with van der Waals surface area (Å²) in [5.41, 5.74) is 1.19. The molecule has 1 aromatic rings. The number of hydrazine groups is 1. The molecule has 0 unspecified atom stereocenters. The average molecular weight is 421 g/mol. The minimum absolute atomic E-state index is 0.0322. The number of carboxylic acids is 1. The number of carboxylic acid groups (broad SMARTS) is 1. The lowest BCUT2D eigenvalue weighted by Gasteiger charge is -2.41. The van der Waals surface area contributed by atoms with Crippen LogP contribution in [-0.2, 0) is 20.8 Å². The van der Waals surface area contributed by atoms with Crippen molar-refractivity contribution in [2.75, 3.05) is 12.7 Å². The highest BCUT2D eigenvalue weighted by molar-refractivity contribution is 7.67. The van der Waals surface area contributed by atoms with Crippen LogP contribution in [0, 0.1) is 0 Å². The lowest BCUT2D eigenvalue weighted by atomic mass is 10.1. The van der Waals surface area contributed by atoms with Crippen molar-refractivity contribution in [2.45, 2.75) is 44.6 Å². The molecule has 3 rings (SSSR count). The molecule has 2 aliphatic rings. The van der Waals surface area contributed by atoms with E-state index in [2.05, 4.69) is 0 Å². The van der Waals surface area contributed by atoms with Gasteiger partial charge < -0.3 is 5.11 Å². The van der Waals surface area contributed by atoms with Gasteiger partial charge in [-0.3, -0.25) is 14.6 Å². The molecule has 1 aromatic carbocycles. The molecule has 29 heavy (non-hydrogen) atoms. The number of fused-ring (bicyclic) bond motifs is 1. The molecule has 2 amide bonds. The molecule has 156 valence electrons. The fourth-order valence-electron chi connectivity index (χ4n) is 3.78. The van der Waals surface area contributed by atoms with Crippen LogP contribution in [0.5, 0.6) is 0 Å². The maximum Gasteiger partial charge on any atom is 0.328 e. The average Bonchev–Trinajstić information content (AvgIpc) is 2.80. The lowest BCUT2D eigenvalue weighted by Crippen LogP contribution is -2.59.